The predicted octanol–water partition coefficient (Wildman–Crippen LogP) is 4.34. The van der Waals surface area contributed by atoms with Crippen LogP contribution in [0.2, 0.25) is 0 Å². The van der Waals surface area contributed by atoms with Crippen LogP contribution >= 0.6 is 7.26 Å². The van der Waals surface area contributed by atoms with E-state index in [1.165, 1.54) is 21.5 Å². The molecule has 0 heterocycles. The van der Waals surface area contributed by atoms with Crippen molar-refractivity contribution in [2.45, 2.75) is 20.0 Å². The molecule has 0 spiro atoms. The van der Waals surface area contributed by atoms with Crippen LogP contribution in [0.25, 0.3) is 0 Å². The second kappa shape index (κ2) is 12.0. The van der Waals surface area contributed by atoms with Gasteiger partial charge in [-0.1, -0.05) is 78.9 Å². The third-order valence-electron chi connectivity index (χ3n) is 5.23. The normalized spacial score (nSPS) is 10.6. The SMILES string of the molecule is CC(=O)[O-].CCOc1ccccc1[P+](Cc1ccccc1)(c1ccccc1)c1ccccc1. The van der Waals surface area contributed by atoms with Gasteiger partial charge in [-0.25, -0.2) is 0 Å². The molecule has 4 rings (SSSR count). The Kier molecular flexibility index (Phi) is 8.80. The number of rotatable bonds is 7. The smallest absolute Gasteiger partial charge is 0.162 e. The molecule has 4 aromatic carbocycles. The summed E-state index contributed by atoms with van der Waals surface area (Å²) >= 11 is 0. The molecule has 0 N–H and O–H groups in total. The molecule has 0 saturated heterocycles. The number of carbonyl (C=O) groups is 1. The van der Waals surface area contributed by atoms with E-state index < -0.39 is 13.2 Å². The van der Waals surface area contributed by atoms with Crippen LogP contribution in [0.1, 0.15) is 19.4 Å². The first-order valence-corrected chi connectivity index (χ1v) is 13.0. The van der Waals surface area contributed by atoms with Gasteiger partial charge >= 0.3 is 0 Å². The Morgan fingerprint density at radius 3 is 1.64 bits per heavy atom. The molecular weight excluding hydrogens is 427 g/mol. The molecule has 4 heteroatoms. The number of aliphatic carboxylic acids is 1. The maximum absolute atomic E-state index is 8.89. The number of benzene rings is 4. The minimum Gasteiger partial charge on any atom is -0.550 e. The zero-order valence-corrected chi connectivity index (χ0v) is 20.0. The summed E-state index contributed by atoms with van der Waals surface area (Å²) in [5.41, 5.74) is 1.35. The second-order valence-corrected chi connectivity index (χ2v) is 11.0. The molecule has 0 saturated carbocycles. The molecule has 0 atom stereocenters. The van der Waals surface area contributed by atoms with E-state index in [2.05, 4.69) is 122 Å². The van der Waals surface area contributed by atoms with Crippen molar-refractivity contribution in [2.75, 3.05) is 6.61 Å². The van der Waals surface area contributed by atoms with Gasteiger partial charge in [-0.05, 0) is 55.8 Å². The summed E-state index contributed by atoms with van der Waals surface area (Å²) in [5, 5.41) is 13.0. The number of hydrogen-bond acceptors (Lipinski definition) is 3. The number of hydrogen-bond donors (Lipinski definition) is 0. The van der Waals surface area contributed by atoms with Crippen LogP contribution in [0.5, 0.6) is 5.75 Å². The first-order chi connectivity index (χ1) is 16.1. The Hall–Kier alpha value is -3.42. The quantitative estimate of drug-likeness (QED) is 0.389. The van der Waals surface area contributed by atoms with E-state index >= 15 is 0 Å². The van der Waals surface area contributed by atoms with Crippen LogP contribution in [0.4, 0.5) is 0 Å². The lowest BCUT2D eigenvalue weighted by Crippen LogP contribution is -2.33. The fraction of sp³-hybridized carbons (Fsp3) is 0.138. The van der Waals surface area contributed by atoms with Gasteiger partial charge in [0.2, 0.25) is 0 Å². The molecule has 4 aromatic rings. The van der Waals surface area contributed by atoms with E-state index in [1.54, 1.807) is 0 Å². The van der Waals surface area contributed by atoms with E-state index in [0.717, 1.165) is 18.8 Å². The summed E-state index contributed by atoms with van der Waals surface area (Å²) in [6.45, 7) is 3.69. The van der Waals surface area contributed by atoms with Gasteiger partial charge in [-0.15, -0.1) is 0 Å². The number of carboxylic acid groups (broad SMARTS) is 1. The topological polar surface area (TPSA) is 49.4 Å². The first-order valence-electron chi connectivity index (χ1n) is 11.0. The van der Waals surface area contributed by atoms with Crippen LogP contribution in [0.3, 0.4) is 0 Å². The molecule has 0 aliphatic carbocycles. The summed E-state index contributed by atoms with van der Waals surface area (Å²) in [6.07, 6.45) is 0.964. The highest BCUT2D eigenvalue weighted by Crippen LogP contribution is 2.59. The lowest BCUT2D eigenvalue weighted by molar-refractivity contribution is -0.302. The van der Waals surface area contributed by atoms with Crippen LogP contribution in [0.15, 0.2) is 115 Å². The second-order valence-electron chi connectivity index (χ2n) is 7.52. The Balaban J connectivity index is 0.000000709. The molecule has 0 fully saturated rings. The van der Waals surface area contributed by atoms with Crippen molar-refractivity contribution in [2.24, 2.45) is 0 Å². The van der Waals surface area contributed by atoms with Crippen LogP contribution < -0.4 is 25.8 Å². The van der Waals surface area contributed by atoms with Crippen LogP contribution in [-0.4, -0.2) is 12.6 Å². The first kappa shape index (κ1) is 24.2. The van der Waals surface area contributed by atoms with E-state index in [0.29, 0.717) is 6.61 Å². The fourth-order valence-electron chi connectivity index (χ4n) is 3.97. The molecule has 0 aliphatic rings. The summed E-state index contributed by atoms with van der Waals surface area (Å²) < 4.78 is 6.15. The van der Waals surface area contributed by atoms with E-state index in [-0.39, 0.29) is 0 Å². The van der Waals surface area contributed by atoms with Crippen molar-refractivity contribution >= 4 is 29.1 Å². The minimum atomic E-state index is -1.97. The van der Waals surface area contributed by atoms with E-state index in [1.807, 2.05) is 0 Å². The zero-order chi connectivity index (χ0) is 23.5. The van der Waals surface area contributed by atoms with Crippen molar-refractivity contribution in [3.63, 3.8) is 0 Å². The van der Waals surface area contributed by atoms with Crippen molar-refractivity contribution in [1.29, 1.82) is 0 Å². The molecule has 33 heavy (non-hydrogen) atoms. The van der Waals surface area contributed by atoms with Gasteiger partial charge in [0, 0.05) is 5.97 Å². The average Bonchev–Trinajstić information content (AvgIpc) is 2.85. The standard InChI is InChI=1S/C27H26OP.C2H4O2/c1-2-28-26-20-12-13-21-27(26)29(24-16-8-4-9-17-24,25-18-10-5-11-19-25)22-23-14-6-3-7-15-23;1-2(3)4/h3-21H,2,22H2,1H3;1H3,(H,3,4)/q+1;/p-1. The maximum atomic E-state index is 8.89. The Bertz CT molecular complexity index is 1090. The summed E-state index contributed by atoms with van der Waals surface area (Å²) in [4.78, 5) is 8.89. The molecule has 0 aliphatic heterocycles. The summed E-state index contributed by atoms with van der Waals surface area (Å²) in [5.74, 6) is -0.0908. The van der Waals surface area contributed by atoms with Crippen LogP contribution in [-0.2, 0) is 11.0 Å². The fourth-order valence-corrected chi connectivity index (χ4v) is 8.33. The lowest BCUT2D eigenvalue weighted by Gasteiger charge is -2.29. The molecule has 0 aromatic heterocycles. The molecular formula is C29H29O3P. The molecule has 3 nitrogen and oxygen atoms in total. The van der Waals surface area contributed by atoms with E-state index in [4.69, 9.17) is 14.6 Å². The summed E-state index contributed by atoms with van der Waals surface area (Å²) in [7, 11) is -1.97. The average molecular weight is 457 g/mol. The van der Waals surface area contributed by atoms with Crippen molar-refractivity contribution in [3.05, 3.63) is 121 Å². The molecule has 0 bridgehead atoms. The molecule has 168 valence electrons. The Labute approximate surface area is 197 Å². The van der Waals surface area contributed by atoms with Gasteiger partial charge in [0.1, 0.15) is 23.2 Å². The molecule has 0 radical (unpaired) electrons. The Morgan fingerprint density at radius 2 is 1.15 bits per heavy atom. The highest BCUT2D eigenvalue weighted by molar-refractivity contribution is 7.95. The van der Waals surface area contributed by atoms with Crippen molar-refractivity contribution in [3.8, 4) is 5.75 Å². The summed E-state index contributed by atoms with van der Waals surface area (Å²) in [6, 6.07) is 41.4. The van der Waals surface area contributed by atoms with Crippen LogP contribution in [0, 0.1) is 0 Å². The predicted molar refractivity (Wildman–Crippen MR) is 137 cm³/mol. The minimum absolute atomic E-state index is 0.659. The number of carboxylic acids is 1. The number of carbonyl (C=O) groups excluding carboxylic acids is 1. The molecule has 0 unspecified atom stereocenters. The molecule has 0 amide bonds. The third kappa shape index (κ3) is 6.09. The van der Waals surface area contributed by atoms with Gasteiger partial charge in [-0.2, -0.15) is 0 Å². The third-order valence-corrected chi connectivity index (χ3v) is 9.62. The van der Waals surface area contributed by atoms with E-state index in [9.17, 15) is 0 Å². The van der Waals surface area contributed by atoms with Gasteiger partial charge < -0.3 is 14.6 Å². The zero-order valence-electron chi connectivity index (χ0n) is 19.1. The lowest BCUT2D eigenvalue weighted by atomic mass is 10.2. The van der Waals surface area contributed by atoms with Gasteiger partial charge in [0.15, 0.2) is 5.75 Å². The van der Waals surface area contributed by atoms with Crippen molar-refractivity contribution < 1.29 is 14.6 Å². The monoisotopic (exact) mass is 456 g/mol. The maximum Gasteiger partial charge on any atom is 0.162 e. The number of para-hydroxylation sites is 1. The van der Waals surface area contributed by atoms with Gasteiger partial charge in [-0.3, -0.25) is 0 Å². The van der Waals surface area contributed by atoms with Crippen molar-refractivity contribution in [1.82, 2.24) is 0 Å². The highest BCUT2D eigenvalue weighted by Gasteiger charge is 2.47. The van der Waals surface area contributed by atoms with Gasteiger partial charge in [0.05, 0.1) is 12.8 Å². The Morgan fingerprint density at radius 1 is 0.727 bits per heavy atom. The van der Waals surface area contributed by atoms with Gasteiger partial charge in [0.25, 0.3) is 0 Å². The number of ether oxygens (including phenoxy) is 1. The largest absolute Gasteiger partial charge is 0.550 e. The highest BCUT2D eigenvalue weighted by atomic mass is 31.2.